The van der Waals surface area contributed by atoms with Gasteiger partial charge in [0.1, 0.15) is 24.0 Å². The summed E-state index contributed by atoms with van der Waals surface area (Å²) in [6, 6.07) is 8.36. The first kappa shape index (κ1) is 17.1. The number of aromatic nitrogens is 3. The molecule has 0 bridgehead atoms. The lowest BCUT2D eigenvalue weighted by Crippen LogP contribution is -2.07. The van der Waals surface area contributed by atoms with E-state index in [9.17, 15) is 8.78 Å². The van der Waals surface area contributed by atoms with Crippen LogP contribution >= 0.6 is 39.7 Å². The monoisotopic (exact) mass is 431 g/mol. The molecule has 1 aromatic heterocycles. The molecule has 3 rings (SSSR count). The molecule has 0 saturated heterocycles. The number of aromatic amines is 1. The van der Waals surface area contributed by atoms with Crippen LogP contribution in [0.1, 0.15) is 5.82 Å². The lowest BCUT2D eigenvalue weighted by atomic mass is 10.3. The standard InChI is InChI=1S/C15H9BrClF2N3OS/c16-8-1-4-13(10(17)5-8)23-7-14-20-21-15(24)22(14)12-3-2-9(18)6-11(12)19/h1-6H,7H2,(H,21,24). The fourth-order valence-electron chi connectivity index (χ4n) is 2.07. The van der Waals surface area contributed by atoms with E-state index in [2.05, 4.69) is 26.1 Å². The smallest absolute Gasteiger partial charge is 0.200 e. The zero-order chi connectivity index (χ0) is 17.3. The highest BCUT2D eigenvalue weighted by Crippen LogP contribution is 2.28. The molecule has 0 radical (unpaired) electrons. The van der Waals surface area contributed by atoms with Crippen LogP contribution in [-0.4, -0.2) is 14.8 Å². The Bertz CT molecular complexity index is 960. The van der Waals surface area contributed by atoms with Gasteiger partial charge < -0.3 is 4.74 Å². The van der Waals surface area contributed by atoms with Crippen molar-refractivity contribution in [3.63, 3.8) is 0 Å². The van der Waals surface area contributed by atoms with Crippen LogP contribution in [-0.2, 0) is 6.61 Å². The number of nitrogens with one attached hydrogen (secondary N) is 1. The molecule has 1 N–H and O–H groups in total. The summed E-state index contributed by atoms with van der Waals surface area (Å²) in [4.78, 5) is 0. The maximum Gasteiger partial charge on any atom is 0.200 e. The van der Waals surface area contributed by atoms with Crippen molar-refractivity contribution in [2.45, 2.75) is 6.61 Å². The third-order valence-corrected chi connectivity index (χ3v) is 4.21. The molecule has 0 aliphatic carbocycles. The summed E-state index contributed by atoms with van der Waals surface area (Å²) in [5.41, 5.74) is 0.0793. The van der Waals surface area contributed by atoms with Crippen LogP contribution in [0.2, 0.25) is 5.02 Å². The van der Waals surface area contributed by atoms with E-state index in [4.69, 9.17) is 28.6 Å². The van der Waals surface area contributed by atoms with Gasteiger partial charge in [0.2, 0.25) is 0 Å². The Morgan fingerprint density at radius 2 is 2.04 bits per heavy atom. The predicted molar refractivity (Wildman–Crippen MR) is 92.1 cm³/mol. The molecule has 4 nitrogen and oxygen atoms in total. The molecule has 0 amide bonds. The Labute approximate surface area is 154 Å². The van der Waals surface area contributed by atoms with Crippen LogP contribution < -0.4 is 4.74 Å². The molecule has 0 saturated carbocycles. The molecule has 2 aromatic carbocycles. The third-order valence-electron chi connectivity index (χ3n) is 3.14. The van der Waals surface area contributed by atoms with Gasteiger partial charge in [-0.1, -0.05) is 27.5 Å². The van der Waals surface area contributed by atoms with Crippen molar-refractivity contribution in [1.29, 1.82) is 0 Å². The van der Waals surface area contributed by atoms with Crippen LogP contribution in [0, 0.1) is 16.4 Å². The van der Waals surface area contributed by atoms with E-state index < -0.39 is 11.6 Å². The lowest BCUT2D eigenvalue weighted by Gasteiger charge is -2.10. The Hall–Kier alpha value is -1.77. The Balaban J connectivity index is 1.92. The number of nitrogens with zero attached hydrogens (tertiary/aromatic N) is 2. The molecule has 24 heavy (non-hydrogen) atoms. The van der Waals surface area contributed by atoms with Gasteiger partial charge in [0, 0.05) is 10.5 Å². The van der Waals surface area contributed by atoms with Crippen molar-refractivity contribution in [3.05, 3.63) is 68.1 Å². The molecular formula is C15H9BrClF2N3OS. The van der Waals surface area contributed by atoms with Crippen LogP contribution in [0.4, 0.5) is 8.78 Å². The van der Waals surface area contributed by atoms with Gasteiger partial charge >= 0.3 is 0 Å². The number of hydrogen-bond acceptors (Lipinski definition) is 3. The summed E-state index contributed by atoms with van der Waals surface area (Å²) in [5, 5.41) is 7.01. The number of rotatable bonds is 4. The minimum absolute atomic E-state index is 0.00862. The van der Waals surface area contributed by atoms with Crippen molar-refractivity contribution in [2.75, 3.05) is 0 Å². The van der Waals surface area contributed by atoms with Gasteiger partial charge in [0.25, 0.3) is 0 Å². The minimum Gasteiger partial charge on any atom is -0.484 e. The summed E-state index contributed by atoms with van der Waals surface area (Å²) in [6.45, 7) is -0.00862. The second kappa shape index (κ2) is 7.00. The topological polar surface area (TPSA) is 42.8 Å². The maximum atomic E-state index is 14.0. The van der Waals surface area contributed by atoms with Gasteiger partial charge in [-0.3, -0.25) is 9.67 Å². The van der Waals surface area contributed by atoms with E-state index in [0.29, 0.717) is 16.6 Å². The molecular weight excluding hydrogens is 424 g/mol. The van der Waals surface area contributed by atoms with Gasteiger partial charge in [0.15, 0.2) is 10.6 Å². The van der Waals surface area contributed by atoms with Crippen LogP contribution in [0.5, 0.6) is 5.75 Å². The Morgan fingerprint density at radius 1 is 1.25 bits per heavy atom. The number of halogens is 4. The lowest BCUT2D eigenvalue weighted by molar-refractivity contribution is 0.293. The predicted octanol–water partition coefficient (Wildman–Crippen LogP) is 5.20. The quantitative estimate of drug-likeness (QED) is 0.576. The Morgan fingerprint density at radius 3 is 2.75 bits per heavy atom. The van der Waals surface area contributed by atoms with Gasteiger partial charge in [-0.05, 0) is 42.5 Å². The van der Waals surface area contributed by atoms with E-state index >= 15 is 0 Å². The SMILES string of the molecule is Fc1ccc(-n2c(COc3ccc(Br)cc3Cl)n[nH]c2=S)c(F)c1. The molecule has 0 aliphatic heterocycles. The van der Waals surface area contributed by atoms with E-state index in [1.807, 2.05) is 0 Å². The van der Waals surface area contributed by atoms with Gasteiger partial charge in [-0.25, -0.2) is 8.78 Å². The van der Waals surface area contributed by atoms with Crippen LogP contribution in [0.15, 0.2) is 40.9 Å². The number of benzene rings is 2. The molecule has 9 heteroatoms. The van der Waals surface area contributed by atoms with Crippen molar-refractivity contribution < 1.29 is 13.5 Å². The molecule has 0 spiro atoms. The first-order valence-electron chi connectivity index (χ1n) is 6.65. The second-order valence-corrected chi connectivity index (χ2v) is 6.45. The maximum absolute atomic E-state index is 14.0. The average molecular weight is 433 g/mol. The third kappa shape index (κ3) is 3.50. The van der Waals surface area contributed by atoms with Gasteiger partial charge in [0.05, 0.1) is 10.7 Å². The first-order chi connectivity index (χ1) is 11.5. The van der Waals surface area contributed by atoms with Crippen LogP contribution in [0.25, 0.3) is 5.69 Å². The molecule has 0 aliphatic rings. The molecule has 0 atom stereocenters. The van der Waals surface area contributed by atoms with E-state index in [-0.39, 0.29) is 17.1 Å². The summed E-state index contributed by atoms with van der Waals surface area (Å²) in [5.74, 6) is -0.662. The highest BCUT2D eigenvalue weighted by molar-refractivity contribution is 9.10. The normalized spacial score (nSPS) is 10.8. The largest absolute Gasteiger partial charge is 0.484 e. The van der Waals surface area contributed by atoms with Gasteiger partial charge in [-0.15, -0.1) is 0 Å². The first-order valence-corrected chi connectivity index (χ1v) is 8.23. The van der Waals surface area contributed by atoms with E-state index in [1.165, 1.54) is 10.6 Å². The molecule has 1 heterocycles. The number of hydrogen-bond donors (Lipinski definition) is 1. The van der Waals surface area contributed by atoms with E-state index in [1.54, 1.807) is 18.2 Å². The Kier molecular flexibility index (Phi) is 4.98. The number of ether oxygens (including phenoxy) is 1. The van der Waals surface area contributed by atoms with Crippen molar-refractivity contribution >= 4 is 39.7 Å². The van der Waals surface area contributed by atoms with E-state index in [0.717, 1.165) is 16.6 Å². The van der Waals surface area contributed by atoms with Gasteiger partial charge in [-0.2, -0.15) is 5.10 Å². The van der Waals surface area contributed by atoms with Crippen molar-refractivity contribution in [1.82, 2.24) is 14.8 Å². The average Bonchev–Trinajstić information content (AvgIpc) is 2.88. The number of H-pyrrole nitrogens is 1. The fourth-order valence-corrected chi connectivity index (χ4v) is 3.05. The molecule has 0 fully saturated rings. The zero-order valence-electron chi connectivity index (χ0n) is 11.9. The fraction of sp³-hybridized carbons (Fsp3) is 0.0667. The molecule has 0 unspecified atom stereocenters. The molecule has 124 valence electrons. The highest BCUT2D eigenvalue weighted by Gasteiger charge is 2.14. The summed E-state index contributed by atoms with van der Waals surface area (Å²) in [7, 11) is 0. The zero-order valence-corrected chi connectivity index (χ0v) is 15.1. The second-order valence-electron chi connectivity index (χ2n) is 4.74. The summed E-state index contributed by atoms with van der Waals surface area (Å²) in [6.07, 6.45) is 0. The highest BCUT2D eigenvalue weighted by atomic mass is 79.9. The summed E-state index contributed by atoms with van der Waals surface area (Å²) < 4.78 is 35.1. The van der Waals surface area contributed by atoms with Crippen LogP contribution in [0.3, 0.4) is 0 Å². The minimum atomic E-state index is -0.754. The summed E-state index contributed by atoms with van der Waals surface area (Å²) >= 11 is 14.5. The molecule has 3 aromatic rings. The van der Waals surface area contributed by atoms with Crippen molar-refractivity contribution in [3.8, 4) is 11.4 Å². The van der Waals surface area contributed by atoms with Crippen molar-refractivity contribution in [2.24, 2.45) is 0 Å².